The average Bonchev–Trinajstić information content (AvgIpc) is 2.31. The molecule has 0 amide bonds. The van der Waals surface area contributed by atoms with Gasteiger partial charge in [0.05, 0.1) is 12.4 Å². The molecular weight excluding hydrogens is 196 g/mol. The summed E-state index contributed by atoms with van der Waals surface area (Å²) in [6.45, 7) is 5.33. The first-order chi connectivity index (χ1) is 7.75. The minimum absolute atomic E-state index is 0.600. The van der Waals surface area contributed by atoms with Gasteiger partial charge in [-0.3, -0.25) is 4.98 Å². The molecule has 2 heteroatoms. The van der Waals surface area contributed by atoms with Gasteiger partial charge < -0.3 is 0 Å². The Kier molecular flexibility index (Phi) is 3.30. The average molecular weight is 213 g/mol. The predicted molar refractivity (Wildman–Crippen MR) is 64.1 cm³/mol. The van der Waals surface area contributed by atoms with E-state index in [1.807, 2.05) is 24.8 Å². The van der Waals surface area contributed by atoms with Crippen LogP contribution < -0.4 is 4.57 Å². The number of rotatable bonds is 3. The highest BCUT2D eigenvalue weighted by atomic mass is 14.9. The van der Waals surface area contributed by atoms with Crippen molar-refractivity contribution >= 4 is 0 Å². The van der Waals surface area contributed by atoms with Crippen LogP contribution >= 0.6 is 0 Å². The first-order valence-electron chi connectivity index (χ1n) is 5.63. The Morgan fingerprint density at radius 1 is 1.06 bits per heavy atom. The van der Waals surface area contributed by atoms with E-state index in [2.05, 4.69) is 47.7 Å². The fourth-order valence-electron chi connectivity index (χ4n) is 1.67. The zero-order valence-electron chi connectivity index (χ0n) is 9.80. The Balaban J connectivity index is 2.11. The Bertz CT molecular complexity index is 432. The van der Waals surface area contributed by atoms with Gasteiger partial charge in [0.2, 0.25) is 0 Å². The molecule has 16 heavy (non-hydrogen) atoms. The number of aromatic nitrogens is 2. The summed E-state index contributed by atoms with van der Waals surface area (Å²) in [5, 5.41) is 0. The Labute approximate surface area is 96.6 Å². The summed E-state index contributed by atoms with van der Waals surface area (Å²) in [7, 11) is 0. The monoisotopic (exact) mass is 213 g/mol. The molecule has 0 aliphatic rings. The quantitative estimate of drug-likeness (QED) is 0.716. The molecule has 0 saturated heterocycles. The molecule has 0 N–H and O–H groups in total. The molecule has 2 nitrogen and oxygen atoms in total. The van der Waals surface area contributed by atoms with Crippen LogP contribution in [0, 0.1) is 0 Å². The standard InChI is InChI=1S/C14H17N2/c1-12(2)14-5-3-13(4-6-14)11-16-9-7-15-8-10-16/h3-10,12H,11H2,1-2H3/q+1. The van der Waals surface area contributed by atoms with Gasteiger partial charge in [0.1, 0.15) is 0 Å². The third-order valence-electron chi connectivity index (χ3n) is 2.70. The third-order valence-corrected chi connectivity index (χ3v) is 2.70. The second-order valence-electron chi connectivity index (χ2n) is 4.31. The smallest absolute Gasteiger partial charge is 0.187 e. The zero-order valence-corrected chi connectivity index (χ0v) is 9.80. The highest BCUT2D eigenvalue weighted by molar-refractivity contribution is 5.24. The van der Waals surface area contributed by atoms with Crippen LogP contribution in [0.3, 0.4) is 0 Å². The summed E-state index contributed by atoms with van der Waals surface area (Å²) in [6.07, 6.45) is 7.58. The summed E-state index contributed by atoms with van der Waals surface area (Å²) in [6, 6.07) is 8.81. The molecule has 0 atom stereocenters. The normalized spacial score (nSPS) is 10.7. The maximum absolute atomic E-state index is 4.00. The predicted octanol–water partition coefficient (Wildman–Crippen LogP) is 2.54. The maximum Gasteiger partial charge on any atom is 0.187 e. The van der Waals surface area contributed by atoms with Crippen molar-refractivity contribution in [2.75, 3.05) is 0 Å². The van der Waals surface area contributed by atoms with Gasteiger partial charge in [-0.05, 0) is 11.5 Å². The van der Waals surface area contributed by atoms with Crippen molar-refractivity contribution in [2.24, 2.45) is 0 Å². The van der Waals surface area contributed by atoms with Crippen molar-refractivity contribution in [3.63, 3.8) is 0 Å². The van der Waals surface area contributed by atoms with Crippen molar-refractivity contribution in [3.8, 4) is 0 Å². The maximum atomic E-state index is 4.00. The first-order valence-corrected chi connectivity index (χ1v) is 5.63. The molecule has 0 saturated carbocycles. The molecular formula is C14H17N2+. The lowest BCUT2D eigenvalue weighted by Gasteiger charge is -2.05. The van der Waals surface area contributed by atoms with Gasteiger partial charge >= 0.3 is 0 Å². The van der Waals surface area contributed by atoms with E-state index in [4.69, 9.17) is 0 Å². The summed E-state index contributed by atoms with van der Waals surface area (Å²) < 4.78 is 2.12. The van der Waals surface area contributed by atoms with Gasteiger partial charge in [0, 0.05) is 5.56 Å². The highest BCUT2D eigenvalue weighted by Gasteiger charge is 2.03. The van der Waals surface area contributed by atoms with Crippen LogP contribution in [0.25, 0.3) is 0 Å². The van der Waals surface area contributed by atoms with Gasteiger partial charge in [0.15, 0.2) is 18.9 Å². The number of hydrogen-bond donors (Lipinski definition) is 0. The second kappa shape index (κ2) is 4.88. The molecule has 82 valence electrons. The van der Waals surface area contributed by atoms with Crippen LogP contribution in [0.1, 0.15) is 30.9 Å². The Morgan fingerprint density at radius 2 is 1.69 bits per heavy atom. The lowest BCUT2D eigenvalue weighted by molar-refractivity contribution is -0.688. The van der Waals surface area contributed by atoms with E-state index in [1.54, 1.807) is 0 Å². The third kappa shape index (κ3) is 2.66. The largest absolute Gasteiger partial charge is 0.252 e. The Hall–Kier alpha value is -1.70. The zero-order chi connectivity index (χ0) is 11.4. The number of benzene rings is 1. The molecule has 0 unspecified atom stereocenters. The molecule has 0 radical (unpaired) electrons. The molecule has 0 aliphatic heterocycles. The molecule has 0 fully saturated rings. The molecule has 0 bridgehead atoms. The lowest BCUT2D eigenvalue weighted by atomic mass is 10.0. The summed E-state index contributed by atoms with van der Waals surface area (Å²) in [5.41, 5.74) is 2.71. The van der Waals surface area contributed by atoms with Gasteiger partial charge in [-0.1, -0.05) is 38.1 Å². The molecule has 2 rings (SSSR count). The van der Waals surface area contributed by atoms with Crippen molar-refractivity contribution in [3.05, 3.63) is 60.2 Å². The number of hydrogen-bond acceptors (Lipinski definition) is 1. The van der Waals surface area contributed by atoms with E-state index < -0.39 is 0 Å². The van der Waals surface area contributed by atoms with Crippen molar-refractivity contribution in [1.82, 2.24) is 4.98 Å². The summed E-state index contributed by atoms with van der Waals surface area (Å²) in [4.78, 5) is 4.00. The minimum Gasteiger partial charge on any atom is -0.252 e. The van der Waals surface area contributed by atoms with Crippen LogP contribution in [0.15, 0.2) is 49.1 Å². The van der Waals surface area contributed by atoms with Crippen LogP contribution in [0.5, 0.6) is 0 Å². The van der Waals surface area contributed by atoms with Gasteiger partial charge in [-0.15, -0.1) is 0 Å². The SMILES string of the molecule is CC(C)c1ccc(C[n+]2ccncc2)cc1. The van der Waals surface area contributed by atoms with Crippen molar-refractivity contribution < 1.29 is 4.57 Å². The van der Waals surface area contributed by atoms with Crippen molar-refractivity contribution in [1.29, 1.82) is 0 Å². The molecule has 1 heterocycles. The van der Waals surface area contributed by atoms with Crippen LogP contribution in [-0.4, -0.2) is 4.98 Å². The van der Waals surface area contributed by atoms with Crippen LogP contribution in [-0.2, 0) is 6.54 Å². The van der Waals surface area contributed by atoms with E-state index in [-0.39, 0.29) is 0 Å². The molecule has 1 aromatic carbocycles. The minimum atomic E-state index is 0.600. The summed E-state index contributed by atoms with van der Waals surface area (Å²) >= 11 is 0. The van der Waals surface area contributed by atoms with Gasteiger partial charge in [-0.2, -0.15) is 4.57 Å². The van der Waals surface area contributed by atoms with E-state index >= 15 is 0 Å². The van der Waals surface area contributed by atoms with Crippen molar-refractivity contribution in [2.45, 2.75) is 26.3 Å². The van der Waals surface area contributed by atoms with Crippen LogP contribution in [0.4, 0.5) is 0 Å². The van der Waals surface area contributed by atoms with E-state index in [0.717, 1.165) is 6.54 Å². The molecule has 2 aromatic rings. The molecule has 0 aliphatic carbocycles. The highest BCUT2D eigenvalue weighted by Crippen LogP contribution is 2.14. The summed E-state index contributed by atoms with van der Waals surface area (Å²) in [5.74, 6) is 0.600. The Morgan fingerprint density at radius 3 is 2.25 bits per heavy atom. The molecule has 1 aromatic heterocycles. The number of nitrogens with zero attached hydrogens (tertiary/aromatic N) is 2. The van der Waals surface area contributed by atoms with Gasteiger partial charge in [-0.25, -0.2) is 0 Å². The van der Waals surface area contributed by atoms with Gasteiger partial charge in [0.25, 0.3) is 0 Å². The lowest BCUT2D eigenvalue weighted by Crippen LogP contribution is -2.33. The van der Waals surface area contributed by atoms with E-state index in [1.165, 1.54) is 11.1 Å². The van der Waals surface area contributed by atoms with E-state index in [9.17, 15) is 0 Å². The van der Waals surface area contributed by atoms with E-state index in [0.29, 0.717) is 5.92 Å². The molecule has 0 spiro atoms. The first kappa shape index (κ1) is 10.8. The fraction of sp³-hybridized carbons (Fsp3) is 0.286. The fourth-order valence-corrected chi connectivity index (χ4v) is 1.67. The van der Waals surface area contributed by atoms with Crippen LogP contribution in [0.2, 0.25) is 0 Å². The topological polar surface area (TPSA) is 16.8 Å². The second-order valence-corrected chi connectivity index (χ2v) is 4.31.